The molecule has 0 aliphatic heterocycles. The van der Waals surface area contributed by atoms with E-state index in [2.05, 4.69) is 81.7 Å². The lowest BCUT2D eigenvalue weighted by molar-refractivity contribution is -0.671. The zero-order chi connectivity index (χ0) is 14.7. The largest absolute Gasteiger partial charge is 0.377 e. The van der Waals surface area contributed by atoms with E-state index in [1.165, 1.54) is 27.9 Å². The molecular weight excluding hydrogens is 244 g/mol. The Kier molecular flexibility index (Phi) is 4.23. The van der Waals surface area contributed by atoms with Gasteiger partial charge in [0, 0.05) is 31.9 Å². The molecule has 1 heterocycles. The first-order valence-corrected chi connectivity index (χ1v) is 6.89. The normalized spacial score (nSPS) is 11.1. The van der Waals surface area contributed by atoms with E-state index in [1.807, 2.05) is 11.6 Å². The molecule has 0 aliphatic rings. The molecule has 0 unspecified atom stereocenters. The summed E-state index contributed by atoms with van der Waals surface area (Å²) in [4.78, 5) is 2.18. The fourth-order valence-corrected chi connectivity index (χ4v) is 2.61. The van der Waals surface area contributed by atoms with Crippen LogP contribution in [0.1, 0.15) is 22.3 Å². The van der Waals surface area contributed by atoms with Crippen molar-refractivity contribution in [2.75, 3.05) is 19.0 Å². The van der Waals surface area contributed by atoms with Crippen molar-refractivity contribution < 1.29 is 4.57 Å². The van der Waals surface area contributed by atoms with E-state index < -0.39 is 0 Å². The van der Waals surface area contributed by atoms with Crippen molar-refractivity contribution in [1.82, 2.24) is 0 Å². The van der Waals surface area contributed by atoms with Gasteiger partial charge >= 0.3 is 0 Å². The zero-order valence-electron chi connectivity index (χ0n) is 13.0. The molecule has 0 amide bonds. The minimum Gasteiger partial charge on any atom is -0.377 e. The predicted octanol–water partition coefficient (Wildman–Crippen LogP) is 3.36. The standard InChI is InChI=1S/C18H23N2/c1-14-12-17(13-15(2)18(14)19(3)4)7-6-16-8-10-20(5)11-9-16/h6-13H,1-5H3/q+1. The van der Waals surface area contributed by atoms with Gasteiger partial charge in [0.25, 0.3) is 0 Å². The maximum atomic E-state index is 2.24. The number of anilines is 1. The Morgan fingerprint density at radius 2 is 1.40 bits per heavy atom. The summed E-state index contributed by atoms with van der Waals surface area (Å²) in [5.41, 5.74) is 6.41. The molecule has 2 rings (SSSR count). The Labute approximate surface area is 122 Å². The fraction of sp³-hybridized carbons (Fsp3) is 0.278. The molecule has 0 atom stereocenters. The van der Waals surface area contributed by atoms with Crippen molar-refractivity contribution in [2.45, 2.75) is 13.8 Å². The third kappa shape index (κ3) is 3.27. The number of hydrogen-bond acceptors (Lipinski definition) is 1. The smallest absolute Gasteiger partial charge is 0.169 e. The number of rotatable bonds is 3. The molecule has 2 aromatic rings. The Morgan fingerprint density at radius 3 is 1.90 bits per heavy atom. The summed E-state index contributed by atoms with van der Waals surface area (Å²) < 4.78 is 2.04. The van der Waals surface area contributed by atoms with Crippen molar-refractivity contribution in [3.8, 4) is 0 Å². The minimum absolute atomic E-state index is 1.22. The monoisotopic (exact) mass is 267 g/mol. The second-order valence-electron chi connectivity index (χ2n) is 5.53. The van der Waals surface area contributed by atoms with Gasteiger partial charge in [-0.15, -0.1) is 0 Å². The molecular formula is C18H23N2+. The Bertz CT molecular complexity index is 599. The average molecular weight is 267 g/mol. The molecule has 0 N–H and O–H groups in total. The first kappa shape index (κ1) is 14.3. The number of benzene rings is 1. The van der Waals surface area contributed by atoms with Gasteiger partial charge < -0.3 is 4.90 Å². The highest BCUT2D eigenvalue weighted by atomic mass is 15.1. The number of nitrogens with zero attached hydrogens (tertiary/aromatic N) is 2. The molecule has 0 radical (unpaired) electrons. The first-order chi connectivity index (χ1) is 9.47. The average Bonchev–Trinajstić information content (AvgIpc) is 2.37. The molecule has 2 nitrogen and oxygen atoms in total. The number of aryl methyl sites for hydroxylation is 3. The van der Waals surface area contributed by atoms with E-state index in [1.54, 1.807) is 0 Å². The zero-order valence-corrected chi connectivity index (χ0v) is 13.0. The van der Waals surface area contributed by atoms with Gasteiger partial charge in [-0.05, 0) is 48.2 Å². The van der Waals surface area contributed by atoms with Crippen molar-refractivity contribution in [1.29, 1.82) is 0 Å². The summed E-state index contributed by atoms with van der Waals surface area (Å²) >= 11 is 0. The summed E-state index contributed by atoms with van der Waals surface area (Å²) in [5.74, 6) is 0. The molecule has 1 aromatic heterocycles. The number of hydrogen-bond donors (Lipinski definition) is 0. The molecule has 0 aliphatic carbocycles. The highest BCUT2D eigenvalue weighted by Gasteiger charge is 2.05. The van der Waals surface area contributed by atoms with E-state index in [0.717, 1.165) is 0 Å². The highest BCUT2D eigenvalue weighted by Crippen LogP contribution is 2.25. The lowest BCUT2D eigenvalue weighted by Gasteiger charge is -2.19. The number of pyridine rings is 1. The van der Waals surface area contributed by atoms with E-state index in [-0.39, 0.29) is 0 Å². The van der Waals surface area contributed by atoms with Crippen molar-refractivity contribution in [2.24, 2.45) is 7.05 Å². The lowest BCUT2D eigenvalue weighted by Crippen LogP contribution is -2.25. The Balaban J connectivity index is 2.28. The molecule has 1 aromatic carbocycles. The van der Waals surface area contributed by atoms with E-state index in [0.29, 0.717) is 0 Å². The molecule has 0 spiro atoms. The Hall–Kier alpha value is -2.09. The van der Waals surface area contributed by atoms with E-state index >= 15 is 0 Å². The topological polar surface area (TPSA) is 7.12 Å². The number of aromatic nitrogens is 1. The minimum atomic E-state index is 1.22. The Morgan fingerprint density at radius 1 is 0.900 bits per heavy atom. The van der Waals surface area contributed by atoms with Gasteiger partial charge in [-0.2, -0.15) is 0 Å². The highest BCUT2D eigenvalue weighted by molar-refractivity contribution is 5.72. The summed E-state index contributed by atoms with van der Waals surface area (Å²) in [6.07, 6.45) is 8.45. The van der Waals surface area contributed by atoms with E-state index in [4.69, 9.17) is 0 Å². The molecule has 0 saturated heterocycles. The molecule has 0 bridgehead atoms. The van der Waals surface area contributed by atoms with Gasteiger partial charge in [-0.1, -0.05) is 12.2 Å². The quantitative estimate of drug-likeness (QED) is 0.773. The third-order valence-corrected chi connectivity index (χ3v) is 3.43. The van der Waals surface area contributed by atoms with Gasteiger partial charge in [0.05, 0.1) is 0 Å². The van der Waals surface area contributed by atoms with Crippen LogP contribution in [0.25, 0.3) is 12.2 Å². The SMILES string of the molecule is Cc1cc(/C=C/c2cc[n+](C)cc2)cc(C)c1N(C)C. The van der Waals surface area contributed by atoms with Crippen molar-refractivity contribution >= 4 is 17.8 Å². The van der Waals surface area contributed by atoms with Crippen LogP contribution in [-0.2, 0) is 7.05 Å². The molecule has 104 valence electrons. The summed E-state index contributed by atoms with van der Waals surface area (Å²) in [5, 5.41) is 0. The summed E-state index contributed by atoms with van der Waals surface area (Å²) in [6, 6.07) is 8.71. The molecule has 20 heavy (non-hydrogen) atoms. The molecule has 2 heteroatoms. The summed E-state index contributed by atoms with van der Waals surface area (Å²) in [6.45, 7) is 4.34. The second-order valence-corrected chi connectivity index (χ2v) is 5.53. The lowest BCUT2D eigenvalue weighted by atomic mass is 10.0. The predicted molar refractivity (Wildman–Crippen MR) is 86.8 cm³/mol. The van der Waals surface area contributed by atoms with E-state index in [9.17, 15) is 0 Å². The van der Waals surface area contributed by atoms with Crippen LogP contribution in [0.5, 0.6) is 0 Å². The first-order valence-electron chi connectivity index (χ1n) is 6.89. The van der Waals surface area contributed by atoms with Gasteiger partial charge in [0.2, 0.25) is 0 Å². The van der Waals surface area contributed by atoms with Gasteiger partial charge in [0.1, 0.15) is 7.05 Å². The van der Waals surface area contributed by atoms with Crippen LogP contribution in [0.3, 0.4) is 0 Å². The van der Waals surface area contributed by atoms with Crippen molar-refractivity contribution in [3.63, 3.8) is 0 Å². The van der Waals surface area contributed by atoms with Crippen LogP contribution in [0, 0.1) is 13.8 Å². The van der Waals surface area contributed by atoms with Crippen LogP contribution in [0.15, 0.2) is 36.7 Å². The van der Waals surface area contributed by atoms with Crippen LogP contribution >= 0.6 is 0 Å². The molecule has 0 fully saturated rings. The van der Waals surface area contributed by atoms with Crippen LogP contribution < -0.4 is 9.47 Å². The van der Waals surface area contributed by atoms with Gasteiger partial charge in [0.15, 0.2) is 12.4 Å². The van der Waals surface area contributed by atoms with Crippen LogP contribution in [0.4, 0.5) is 5.69 Å². The maximum absolute atomic E-state index is 2.24. The maximum Gasteiger partial charge on any atom is 0.169 e. The fourth-order valence-electron chi connectivity index (χ4n) is 2.61. The van der Waals surface area contributed by atoms with Crippen molar-refractivity contribution in [3.05, 3.63) is 58.9 Å². The van der Waals surface area contributed by atoms with Gasteiger partial charge in [-0.3, -0.25) is 0 Å². The summed E-state index contributed by atoms with van der Waals surface area (Å²) in [7, 11) is 6.21. The van der Waals surface area contributed by atoms with Crippen LogP contribution in [-0.4, -0.2) is 14.1 Å². The van der Waals surface area contributed by atoms with Crippen LogP contribution in [0.2, 0.25) is 0 Å². The third-order valence-electron chi connectivity index (χ3n) is 3.43. The van der Waals surface area contributed by atoms with Gasteiger partial charge in [-0.25, -0.2) is 4.57 Å². The molecule has 0 saturated carbocycles. The second kappa shape index (κ2) is 5.91.